The minimum atomic E-state index is -2.29. The summed E-state index contributed by atoms with van der Waals surface area (Å²) in [5.74, 6) is -0.600. The van der Waals surface area contributed by atoms with Gasteiger partial charge in [-0.3, -0.25) is 0 Å². The Labute approximate surface area is 862 Å². The van der Waals surface area contributed by atoms with Gasteiger partial charge in [0.15, 0.2) is 16.6 Å². The first-order chi connectivity index (χ1) is 70.3. The molecule has 776 valence electrons. The van der Waals surface area contributed by atoms with Gasteiger partial charge >= 0.3 is 56.3 Å². The molecule has 0 aliphatic heterocycles. The lowest BCUT2D eigenvalue weighted by molar-refractivity contribution is 0.0711. The molecular formula is C120H152O22Si3. The predicted molar refractivity (Wildman–Crippen MR) is 577 cm³/mol. The molecule has 0 spiro atoms. The Kier molecular flexibility index (Phi) is 50.5. The van der Waals surface area contributed by atoms with E-state index in [2.05, 4.69) is 53.1 Å². The van der Waals surface area contributed by atoms with E-state index in [-0.39, 0.29) is 68.2 Å². The molecule has 10 aromatic rings. The molecule has 0 bridgehead atoms. The third-order valence-electron chi connectivity index (χ3n) is 25.0. The molecule has 0 saturated carbocycles. The largest absolute Gasteiger partial charge is 0.494 e. The van der Waals surface area contributed by atoms with E-state index in [9.17, 15) is 38.4 Å². The summed E-state index contributed by atoms with van der Waals surface area (Å²) in [5.41, 5.74) is 2.25. The Balaban J connectivity index is 0.486. The zero-order valence-electron chi connectivity index (χ0n) is 86.7. The zero-order chi connectivity index (χ0) is 103. The number of hydrogen-bond acceptors (Lipinski definition) is 22. The average molecular weight is 2030 g/mol. The maximum absolute atomic E-state index is 13.2. The second kappa shape index (κ2) is 63.9. The summed E-state index contributed by atoms with van der Waals surface area (Å²) in [6, 6.07) is 66.0. The summed E-state index contributed by atoms with van der Waals surface area (Å²) < 4.78 is 82.5. The first-order valence-electron chi connectivity index (χ1n) is 53.0. The highest BCUT2D eigenvalue weighted by molar-refractivity contribution is 6.87. The van der Waals surface area contributed by atoms with Crippen molar-refractivity contribution in [3.8, 4) is 69.0 Å². The lowest BCUT2D eigenvalue weighted by Crippen LogP contribution is -2.52. The summed E-state index contributed by atoms with van der Waals surface area (Å²) in [6.07, 6.45) is 46.2. The van der Waals surface area contributed by atoms with Crippen LogP contribution in [-0.4, -0.2) is 99.4 Å². The molecule has 145 heavy (non-hydrogen) atoms. The monoisotopic (exact) mass is 2030 g/mol. The molecule has 0 saturated heterocycles. The van der Waals surface area contributed by atoms with E-state index in [4.69, 9.17) is 65.1 Å². The van der Waals surface area contributed by atoms with Gasteiger partial charge in [0, 0.05) is 12.1 Å². The van der Waals surface area contributed by atoms with Crippen molar-refractivity contribution < 1.29 is 103 Å². The third-order valence-corrected chi connectivity index (χ3v) is 36.4. The average Bonchev–Trinajstić information content (AvgIpc) is 0.844. The molecule has 0 atom stereocenters. The summed E-state index contributed by atoms with van der Waals surface area (Å²) in [7, 11) is -6.05. The van der Waals surface area contributed by atoms with Gasteiger partial charge in [-0.25, -0.2) is 38.4 Å². The molecule has 0 heterocycles. The van der Waals surface area contributed by atoms with Gasteiger partial charge in [-0.2, -0.15) is 0 Å². The highest BCUT2D eigenvalue weighted by Gasteiger charge is 2.39. The topological polar surface area (TPSA) is 266 Å². The molecule has 0 aromatic heterocycles. The van der Waals surface area contributed by atoms with E-state index in [0.717, 1.165) is 63.5 Å². The number of carbonyl (C=O) groups excluding carboxylic acids is 8. The van der Waals surface area contributed by atoms with Crippen molar-refractivity contribution in [2.75, 3.05) is 26.4 Å². The van der Waals surface area contributed by atoms with Crippen molar-refractivity contribution in [2.24, 2.45) is 0 Å². The Morgan fingerprint density at radius 3 is 0.510 bits per heavy atom. The number of ether oxygens (including phenoxy) is 12. The molecule has 25 heteroatoms. The van der Waals surface area contributed by atoms with Crippen LogP contribution in [0.5, 0.6) is 69.0 Å². The van der Waals surface area contributed by atoms with Crippen molar-refractivity contribution in [1.29, 1.82) is 0 Å². The van der Waals surface area contributed by atoms with Crippen LogP contribution >= 0.6 is 0 Å². The van der Waals surface area contributed by atoms with Gasteiger partial charge in [-0.15, -0.1) is 0 Å². The van der Waals surface area contributed by atoms with Gasteiger partial charge in [0.1, 0.15) is 69.0 Å². The van der Waals surface area contributed by atoms with Crippen LogP contribution < -0.4 is 56.8 Å². The van der Waals surface area contributed by atoms with E-state index in [1.54, 1.807) is 133 Å². The zero-order valence-corrected chi connectivity index (χ0v) is 89.7. The molecule has 22 nitrogen and oxygen atoms in total. The second-order valence-corrected chi connectivity index (χ2v) is 51.5. The smallest absolute Gasteiger partial charge is 0.343 e. The SMILES string of the molecule is CCCCCCCCCCCCOc1ccc(C(=O)Oc2ccc(C(=O)Oc3cccc(OC(=O)c4ccc(OC(=O)c5ccc(OCCCCCCCCCCC[Si](C)(C)O[Si](C)(C)O[Si](C)(C)CCCCCCCCCCCOc6ccc(C(=O)Oc7ccc(C(=O)Oc8cccc(OC(=O)c9ccc(OC(=O)c%10ccc(OCCCCCCCCCCCC)cc%10)cc9)c8)cc7)cc6)cc5)cc4)c3)cc2)cc1. The Hall–Kier alpha value is -12.3. The van der Waals surface area contributed by atoms with Crippen molar-refractivity contribution in [2.45, 2.75) is 309 Å². The van der Waals surface area contributed by atoms with E-state index < -0.39 is 73.0 Å². The van der Waals surface area contributed by atoms with Crippen LogP contribution in [0, 0.1) is 0 Å². The number of esters is 8. The van der Waals surface area contributed by atoms with E-state index in [0.29, 0.717) is 71.7 Å². The van der Waals surface area contributed by atoms with Gasteiger partial charge in [0.25, 0.3) is 0 Å². The summed E-state index contributed by atoms with van der Waals surface area (Å²) >= 11 is 0. The minimum absolute atomic E-state index is 0.141. The maximum Gasteiger partial charge on any atom is 0.343 e. The first kappa shape index (κ1) is 115. The van der Waals surface area contributed by atoms with Gasteiger partial charge in [-0.1, -0.05) is 244 Å². The summed E-state index contributed by atoms with van der Waals surface area (Å²) in [5, 5.41) is 0. The second-order valence-electron chi connectivity index (χ2n) is 39.0. The van der Waals surface area contributed by atoms with Crippen molar-refractivity contribution in [3.05, 3.63) is 287 Å². The molecule has 0 N–H and O–H groups in total. The van der Waals surface area contributed by atoms with Gasteiger partial charge in [0.2, 0.25) is 0 Å². The number of hydrogen-bond donors (Lipinski definition) is 0. The molecule has 10 aromatic carbocycles. The minimum Gasteiger partial charge on any atom is -0.494 e. The lowest BCUT2D eigenvalue weighted by Gasteiger charge is -2.39. The lowest BCUT2D eigenvalue weighted by atomic mass is 10.1. The highest BCUT2D eigenvalue weighted by atomic mass is 28.5. The van der Waals surface area contributed by atoms with E-state index >= 15 is 0 Å². The van der Waals surface area contributed by atoms with Crippen LogP contribution in [-0.2, 0) is 8.23 Å². The fraction of sp³-hybridized carbons (Fsp3) is 0.433. The van der Waals surface area contributed by atoms with Crippen molar-refractivity contribution in [1.82, 2.24) is 0 Å². The van der Waals surface area contributed by atoms with Gasteiger partial charge < -0.3 is 65.1 Å². The van der Waals surface area contributed by atoms with Gasteiger partial charge in [-0.05, 0) is 295 Å². The normalized spacial score (nSPS) is 11.4. The number of rotatable bonds is 70. The van der Waals surface area contributed by atoms with Crippen LogP contribution in [0.2, 0.25) is 51.4 Å². The van der Waals surface area contributed by atoms with Crippen LogP contribution in [0.25, 0.3) is 0 Å². The molecule has 0 aliphatic rings. The Morgan fingerprint density at radius 1 is 0.179 bits per heavy atom. The summed E-state index contributed by atoms with van der Waals surface area (Å²) in [6.45, 7) is 20.9. The number of carbonyl (C=O) groups is 8. The molecule has 0 radical (unpaired) electrons. The van der Waals surface area contributed by atoms with Crippen molar-refractivity contribution >= 4 is 73.0 Å². The molecule has 0 amide bonds. The van der Waals surface area contributed by atoms with Gasteiger partial charge in [0.05, 0.1) is 70.9 Å². The van der Waals surface area contributed by atoms with Crippen LogP contribution in [0.4, 0.5) is 0 Å². The molecule has 0 fully saturated rings. The maximum atomic E-state index is 13.2. The fourth-order valence-corrected chi connectivity index (χ4v) is 31.3. The third kappa shape index (κ3) is 45.1. The fourth-order valence-electron chi connectivity index (χ4n) is 17.1. The van der Waals surface area contributed by atoms with Crippen LogP contribution in [0.1, 0.15) is 341 Å². The first-order valence-corrected chi connectivity index (χ1v) is 62.1. The van der Waals surface area contributed by atoms with E-state index in [1.807, 2.05) is 0 Å². The number of benzene rings is 10. The highest BCUT2D eigenvalue weighted by Crippen LogP contribution is 2.33. The summed E-state index contributed by atoms with van der Waals surface area (Å²) in [4.78, 5) is 105. The standard InChI is InChI=1S/C120H152O22Si3/c1-9-11-13-15-17-19-23-29-35-41-85-129-101-69-53-93(54-70-101)113(121)133-105-77-61-97(62-78-105)117(125)137-109-49-47-51-111(91-109)139-119(127)99-65-81-107(82-66-99)135-115(123)95-57-73-103(74-58-95)131-87-43-37-31-25-21-27-33-39-45-89-143(3,4)141-145(7,8)142-144(5,6)90-46-40-34-28-22-26-32-38-44-88-132-104-75-59-96(60-76-104)116(124)136-108-83-67-100(68-84-108)120(128)140-112-52-48-50-110(92-112)138-118(126)98-63-79-106(80-64-98)134-114(122)94-55-71-102(72-56-94)130-86-42-36-30-24-20-18-16-14-12-10-2/h47-84,91-92H,9-46,85-90H2,1-8H3. The molecule has 0 aliphatic carbocycles. The van der Waals surface area contributed by atoms with Crippen molar-refractivity contribution in [3.63, 3.8) is 0 Å². The molecular weight excluding hydrogens is 1880 g/mol. The van der Waals surface area contributed by atoms with Crippen LogP contribution in [0.3, 0.4) is 0 Å². The predicted octanol–water partition coefficient (Wildman–Crippen LogP) is 31.7. The molecule has 10 rings (SSSR count). The van der Waals surface area contributed by atoms with E-state index in [1.165, 1.54) is 302 Å². The Morgan fingerprint density at radius 2 is 0.331 bits per heavy atom. The Bertz CT molecular complexity index is 5170. The number of unbranched alkanes of at least 4 members (excludes halogenated alkanes) is 34. The van der Waals surface area contributed by atoms with Crippen LogP contribution in [0.15, 0.2) is 243 Å². The quantitative estimate of drug-likeness (QED) is 0.0148. The molecule has 0 unspecified atom stereocenters.